The Morgan fingerprint density at radius 1 is 0.829 bits per heavy atom. The van der Waals surface area contributed by atoms with Crippen molar-refractivity contribution in [1.82, 2.24) is 0 Å². The zero-order valence-corrected chi connectivity index (χ0v) is 19.9. The fraction of sp³-hybridized carbons (Fsp3) is 0.333. The van der Waals surface area contributed by atoms with Gasteiger partial charge in [0.1, 0.15) is 6.61 Å². The molecule has 1 aliphatic carbocycles. The second-order valence-electron chi connectivity index (χ2n) is 9.40. The van der Waals surface area contributed by atoms with Crippen molar-refractivity contribution < 1.29 is 22.3 Å². The summed E-state index contributed by atoms with van der Waals surface area (Å²) >= 11 is 0. The summed E-state index contributed by atoms with van der Waals surface area (Å²) in [6, 6.07) is 13.7. The molecule has 0 amide bonds. The lowest BCUT2D eigenvalue weighted by Crippen LogP contribution is -2.16. The van der Waals surface area contributed by atoms with Crippen molar-refractivity contribution in [2.45, 2.75) is 51.4 Å². The maximum absolute atomic E-state index is 14.8. The van der Waals surface area contributed by atoms with Crippen LogP contribution in [0.4, 0.5) is 17.6 Å². The molecule has 1 aliphatic rings. The first-order valence-electron chi connectivity index (χ1n) is 12.1. The largest absolute Gasteiger partial charge is 0.486 e. The van der Waals surface area contributed by atoms with Gasteiger partial charge in [0.2, 0.25) is 5.82 Å². The summed E-state index contributed by atoms with van der Waals surface area (Å²) in [4.78, 5) is 0. The third-order valence-corrected chi connectivity index (χ3v) is 7.07. The maximum Gasteiger partial charge on any atom is 0.200 e. The number of rotatable bonds is 8. The van der Waals surface area contributed by atoms with Crippen molar-refractivity contribution in [3.63, 3.8) is 0 Å². The molecule has 0 unspecified atom stereocenters. The third kappa shape index (κ3) is 5.61. The van der Waals surface area contributed by atoms with Gasteiger partial charge < -0.3 is 4.74 Å². The lowest BCUT2D eigenvalue weighted by molar-refractivity contribution is 0.299. The molecule has 0 radical (unpaired) electrons. The van der Waals surface area contributed by atoms with E-state index >= 15 is 0 Å². The zero-order chi connectivity index (χ0) is 24.9. The lowest BCUT2D eigenvalue weighted by atomic mass is 9.76. The molecule has 0 aliphatic heterocycles. The molecule has 1 fully saturated rings. The summed E-state index contributed by atoms with van der Waals surface area (Å²) in [6.07, 6.45) is 5.81. The van der Waals surface area contributed by atoms with Crippen molar-refractivity contribution >= 4 is 0 Å². The van der Waals surface area contributed by atoms with Gasteiger partial charge in [0, 0.05) is 5.56 Å². The third-order valence-electron chi connectivity index (χ3n) is 7.07. The van der Waals surface area contributed by atoms with Crippen LogP contribution < -0.4 is 4.74 Å². The monoisotopic (exact) mass is 482 g/mol. The molecular formula is C30H30F4O. The molecule has 0 spiro atoms. The van der Waals surface area contributed by atoms with Gasteiger partial charge in [-0.3, -0.25) is 0 Å². The number of hydrogen-bond acceptors (Lipinski definition) is 1. The Balaban J connectivity index is 1.35. The fourth-order valence-corrected chi connectivity index (χ4v) is 4.98. The lowest BCUT2D eigenvalue weighted by Gasteiger charge is -2.29. The van der Waals surface area contributed by atoms with Crippen LogP contribution in [0.5, 0.6) is 5.75 Å². The Kier molecular flexibility index (Phi) is 7.94. The summed E-state index contributed by atoms with van der Waals surface area (Å²) < 4.78 is 63.7. The van der Waals surface area contributed by atoms with Crippen LogP contribution in [0.15, 0.2) is 61.2 Å². The predicted octanol–water partition coefficient (Wildman–Crippen LogP) is 8.69. The zero-order valence-electron chi connectivity index (χ0n) is 19.9. The molecule has 0 heterocycles. The van der Waals surface area contributed by atoms with Gasteiger partial charge in [0.05, 0.1) is 0 Å². The minimum atomic E-state index is -0.960. The number of halogens is 4. The molecule has 4 rings (SSSR count). The van der Waals surface area contributed by atoms with E-state index in [-0.39, 0.29) is 23.8 Å². The van der Waals surface area contributed by atoms with Crippen LogP contribution in [0, 0.1) is 36.1 Å². The van der Waals surface area contributed by atoms with E-state index in [9.17, 15) is 17.6 Å². The van der Waals surface area contributed by atoms with Crippen molar-refractivity contribution in [3.05, 3.63) is 101 Å². The van der Waals surface area contributed by atoms with E-state index in [0.717, 1.165) is 37.7 Å². The molecule has 0 aromatic heterocycles. The molecule has 0 atom stereocenters. The predicted molar refractivity (Wildman–Crippen MR) is 132 cm³/mol. The Labute approximate surface area is 204 Å². The van der Waals surface area contributed by atoms with Gasteiger partial charge in [-0.15, -0.1) is 0 Å². The van der Waals surface area contributed by atoms with Crippen molar-refractivity contribution in [1.29, 1.82) is 0 Å². The van der Waals surface area contributed by atoms with E-state index in [2.05, 4.69) is 6.58 Å². The Morgan fingerprint density at radius 3 is 2.23 bits per heavy atom. The van der Waals surface area contributed by atoms with Gasteiger partial charge in [-0.05, 0) is 80.0 Å². The minimum Gasteiger partial charge on any atom is -0.486 e. The van der Waals surface area contributed by atoms with Crippen molar-refractivity contribution in [2.75, 3.05) is 6.61 Å². The molecule has 1 nitrogen and oxygen atoms in total. The van der Waals surface area contributed by atoms with Crippen LogP contribution in [0.1, 0.15) is 54.7 Å². The minimum absolute atomic E-state index is 0.0582. The van der Waals surface area contributed by atoms with Gasteiger partial charge in [0.15, 0.2) is 23.2 Å². The molecule has 3 aromatic carbocycles. The summed E-state index contributed by atoms with van der Waals surface area (Å²) in [5.74, 6) is -3.23. The number of benzene rings is 3. The summed E-state index contributed by atoms with van der Waals surface area (Å²) in [5.41, 5.74) is 2.74. The number of ether oxygens (including phenoxy) is 1. The quantitative estimate of drug-likeness (QED) is 0.230. The van der Waals surface area contributed by atoms with E-state index in [1.165, 1.54) is 12.1 Å². The average Bonchev–Trinajstić information content (AvgIpc) is 2.87. The van der Waals surface area contributed by atoms with E-state index in [1.807, 2.05) is 19.1 Å². The Bertz CT molecular complexity index is 1180. The van der Waals surface area contributed by atoms with Gasteiger partial charge >= 0.3 is 0 Å². The molecule has 35 heavy (non-hydrogen) atoms. The number of aryl methyl sites for hydroxylation is 2. The highest BCUT2D eigenvalue weighted by Gasteiger charge is 2.27. The van der Waals surface area contributed by atoms with E-state index in [0.29, 0.717) is 29.0 Å². The van der Waals surface area contributed by atoms with Crippen LogP contribution in [-0.2, 0) is 6.42 Å². The molecule has 0 saturated heterocycles. The van der Waals surface area contributed by atoms with Crippen LogP contribution in [0.3, 0.4) is 0 Å². The van der Waals surface area contributed by atoms with E-state index < -0.39 is 23.3 Å². The second kappa shape index (κ2) is 11.1. The highest BCUT2D eigenvalue weighted by Crippen LogP contribution is 2.40. The van der Waals surface area contributed by atoms with Crippen LogP contribution in [0.25, 0.3) is 11.1 Å². The first-order valence-corrected chi connectivity index (χ1v) is 12.1. The van der Waals surface area contributed by atoms with E-state index in [1.54, 1.807) is 30.3 Å². The van der Waals surface area contributed by atoms with Gasteiger partial charge in [-0.2, -0.15) is 4.39 Å². The highest BCUT2D eigenvalue weighted by atomic mass is 19.2. The summed E-state index contributed by atoms with van der Waals surface area (Å²) in [5, 5.41) is 0. The van der Waals surface area contributed by atoms with Crippen LogP contribution in [-0.4, -0.2) is 6.61 Å². The Hall–Kier alpha value is -3.08. The van der Waals surface area contributed by atoms with Gasteiger partial charge in [-0.25, -0.2) is 13.2 Å². The maximum atomic E-state index is 14.8. The first-order chi connectivity index (χ1) is 16.9. The molecule has 3 aromatic rings. The SMILES string of the molecule is C=CCOc1ccc(C2CCC(CCc3ccc(-c4ccc(C)cc4)c(F)c3F)CC2)c(F)c1F. The van der Waals surface area contributed by atoms with Crippen LogP contribution >= 0.6 is 0 Å². The normalized spacial score (nSPS) is 17.9. The van der Waals surface area contributed by atoms with Crippen LogP contribution in [0.2, 0.25) is 0 Å². The highest BCUT2D eigenvalue weighted by molar-refractivity contribution is 5.65. The van der Waals surface area contributed by atoms with E-state index in [4.69, 9.17) is 4.74 Å². The van der Waals surface area contributed by atoms with Crippen molar-refractivity contribution in [3.8, 4) is 16.9 Å². The first kappa shape index (κ1) is 25.0. The standard InChI is InChI=1S/C30H30F4O/c1-3-18-35-26-17-16-25(29(33)30(26)34)22-11-6-20(7-12-22)8-13-23-14-15-24(28(32)27(23)31)21-9-4-19(2)5-10-21/h3-5,9-10,14-17,20,22H,1,6-8,11-13,18H2,2H3. The molecule has 0 N–H and O–H groups in total. The topological polar surface area (TPSA) is 9.23 Å². The van der Waals surface area contributed by atoms with Crippen molar-refractivity contribution in [2.24, 2.45) is 5.92 Å². The Morgan fingerprint density at radius 2 is 1.54 bits per heavy atom. The smallest absolute Gasteiger partial charge is 0.200 e. The van der Waals surface area contributed by atoms with Gasteiger partial charge in [0.25, 0.3) is 0 Å². The second-order valence-corrected chi connectivity index (χ2v) is 9.40. The fourth-order valence-electron chi connectivity index (χ4n) is 4.98. The molecule has 184 valence electrons. The van der Waals surface area contributed by atoms with Gasteiger partial charge in [-0.1, -0.05) is 60.7 Å². The summed E-state index contributed by atoms with van der Waals surface area (Å²) in [7, 11) is 0. The molecule has 5 heteroatoms. The molecule has 1 saturated carbocycles. The molecule has 0 bridgehead atoms. The average molecular weight is 483 g/mol. The molecular weight excluding hydrogens is 452 g/mol. The summed E-state index contributed by atoms with van der Waals surface area (Å²) in [6.45, 7) is 5.57. The number of hydrogen-bond donors (Lipinski definition) is 0.